The van der Waals surface area contributed by atoms with E-state index in [9.17, 15) is 15.2 Å². The lowest BCUT2D eigenvalue weighted by atomic mass is 10.1. The molecule has 0 aliphatic carbocycles. The standard InChI is InChI=1S/C20H20N2O4/c1-3-25-17-10-8-16(9-11-17)22-20(24)15(13-21)12-14-6-5-7-18(19(14)23)26-4-2/h5-12,23H,3-4H2,1-2H3,(H,22,24)/b15-12-. The van der Waals surface area contributed by atoms with Crippen molar-refractivity contribution in [3.05, 3.63) is 53.6 Å². The molecule has 0 radical (unpaired) electrons. The van der Waals surface area contributed by atoms with Crippen molar-refractivity contribution in [3.8, 4) is 23.3 Å². The summed E-state index contributed by atoms with van der Waals surface area (Å²) in [5.41, 5.74) is 0.726. The number of nitrogens with zero attached hydrogens (tertiary/aromatic N) is 1. The summed E-state index contributed by atoms with van der Waals surface area (Å²) in [7, 11) is 0. The zero-order chi connectivity index (χ0) is 18.9. The van der Waals surface area contributed by atoms with Crippen molar-refractivity contribution in [1.29, 1.82) is 5.26 Å². The number of aromatic hydroxyl groups is 1. The maximum absolute atomic E-state index is 12.3. The van der Waals surface area contributed by atoms with E-state index >= 15 is 0 Å². The number of phenols is 1. The minimum absolute atomic E-state index is 0.115. The van der Waals surface area contributed by atoms with E-state index in [1.807, 2.05) is 13.0 Å². The van der Waals surface area contributed by atoms with E-state index in [-0.39, 0.29) is 11.3 Å². The van der Waals surface area contributed by atoms with Gasteiger partial charge in [-0.25, -0.2) is 0 Å². The summed E-state index contributed by atoms with van der Waals surface area (Å²) in [6, 6.07) is 13.6. The molecule has 2 aromatic rings. The first kappa shape index (κ1) is 18.9. The summed E-state index contributed by atoms with van der Waals surface area (Å²) in [6.07, 6.45) is 1.32. The van der Waals surface area contributed by atoms with Gasteiger partial charge in [-0.05, 0) is 50.3 Å². The maximum Gasteiger partial charge on any atom is 0.266 e. The van der Waals surface area contributed by atoms with E-state index < -0.39 is 5.91 Å². The lowest BCUT2D eigenvalue weighted by Gasteiger charge is -2.09. The summed E-state index contributed by atoms with van der Waals surface area (Å²) in [6.45, 7) is 4.63. The molecule has 0 aliphatic heterocycles. The van der Waals surface area contributed by atoms with Crippen molar-refractivity contribution in [2.24, 2.45) is 0 Å². The van der Waals surface area contributed by atoms with Gasteiger partial charge in [-0.15, -0.1) is 0 Å². The number of carbonyl (C=O) groups excluding carboxylic acids is 1. The number of nitriles is 1. The Labute approximate surface area is 152 Å². The SMILES string of the molecule is CCOc1ccc(NC(=O)/C(C#N)=C\c2cccc(OCC)c2O)cc1. The maximum atomic E-state index is 12.3. The first-order valence-corrected chi connectivity index (χ1v) is 8.19. The van der Waals surface area contributed by atoms with Gasteiger partial charge in [-0.2, -0.15) is 5.26 Å². The van der Waals surface area contributed by atoms with E-state index in [1.54, 1.807) is 49.4 Å². The first-order valence-electron chi connectivity index (χ1n) is 8.19. The fourth-order valence-electron chi connectivity index (χ4n) is 2.23. The molecular weight excluding hydrogens is 332 g/mol. The van der Waals surface area contributed by atoms with Gasteiger partial charge in [0.15, 0.2) is 11.5 Å². The highest BCUT2D eigenvalue weighted by Crippen LogP contribution is 2.31. The minimum atomic E-state index is -0.571. The van der Waals surface area contributed by atoms with Crippen molar-refractivity contribution < 1.29 is 19.4 Å². The predicted octanol–water partition coefficient (Wildman–Crippen LogP) is 3.74. The molecule has 0 aromatic heterocycles. The molecule has 0 aliphatic rings. The summed E-state index contributed by atoms with van der Waals surface area (Å²) < 4.78 is 10.6. The van der Waals surface area contributed by atoms with E-state index in [4.69, 9.17) is 9.47 Å². The number of carbonyl (C=O) groups is 1. The highest BCUT2D eigenvalue weighted by molar-refractivity contribution is 6.09. The van der Waals surface area contributed by atoms with Crippen LogP contribution < -0.4 is 14.8 Å². The molecule has 134 valence electrons. The fraction of sp³-hybridized carbons (Fsp3) is 0.200. The van der Waals surface area contributed by atoms with Gasteiger partial charge in [-0.3, -0.25) is 4.79 Å². The minimum Gasteiger partial charge on any atom is -0.504 e. The Morgan fingerprint density at radius 1 is 1.15 bits per heavy atom. The van der Waals surface area contributed by atoms with Gasteiger partial charge in [0.2, 0.25) is 0 Å². The van der Waals surface area contributed by atoms with Gasteiger partial charge in [-0.1, -0.05) is 12.1 Å². The highest BCUT2D eigenvalue weighted by Gasteiger charge is 2.13. The number of para-hydroxylation sites is 1. The van der Waals surface area contributed by atoms with E-state index in [2.05, 4.69) is 5.32 Å². The Balaban J connectivity index is 2.19. The Hall–Kier alpha value is -3.46. The molecule has 0 bridgehead atoms. The molecule has 0 atom stereocenters. The third-order valence-electron chi connectivity index (χ3n) is 3.42. The number of amides is 1. The number of benzene rings is 2. The smallest absolute Gasteiger partial charge is 0.266 e. The monoisotopic (exact) mass is 352 g/mol. The van der Waals surface area contributed by atoms with Crippen LogP contribution in [0.2, 0.25) is 0 Å². The summed E-state index contributed by atoms with van der Waals surface area (Å²) in [5.74, 6) is 0.304. The zero-order valence-electron chi connectivity index (χ0n) is 14.7. The number of phenolic OH excluding ortho intramolecular Hbond substituents is 1. The molecule has 0 fully saturated rings. The molecule has 6 heteroatoms. The van der Waals surface area contributed by atoms with Crippen LogP contribution in [0.1, 0.15) is 19.4 Å². The van der Waals surface area contributed by atoms with Gasteiger partial charge in [0.1, 0.15) is 17.4 Å². The number of hydrogen-bond donors (Lipinski definition) is 2. The zero-order valence-corrected chi connectivity index (χ0v) is 14.7. The Morgan fingerprint density at radius 2 is 1.85 bits per heavy atom. The summed E-state index contributed by atoms with van der Waals surface area (Å²) in [5, 5.41) is 22.1. The number of rotatable bonds is 7. The molecule has 0 saturated heterocycles. The molecule has 0 saturated carbocycles. The predicted molar refractivity (Wildman–Crippen MR) is 99.1 cm³/mol. The molecule has 0 unspecified atom stereocenters. The average molecular weight is 352 g/mol. The first-order chi connectivity index (χ1) is 12.6. The van der Waals surface area contributed by atoms with Crippen LogP contribution in [0.3, 0.4) is 0 Å². The van der Waals surface area contributed by atoms with Crippen LogP contribution >= 0.6 is 0 Å². The second kappa shape index (κ2) is 9.14. The molecule has 6 nitrogen and oxygen atoms in total. The Morgan fingerprint density at radius 3 is 2.46 bits per heavy atom. The lowest BCUT2D eigenvalue weighted by Crippen LogP contribution is -2.13. The van der Waals surface area contributed by atoms with E-state index in [1.165, 1.54) is 6.08 Å². The van der Waals surface area contributed by atoms with Crippen LogP contribution in [0.5, 0.6) is 17.2 Å². The number of ether oxygens (including phenoxy) is 2. The largest absolute Gasteiger partial charge is 0.504 e. The molecule has 26 heavy (non-hydrogen) atoms. The van der Waals surface area contributed by atoms with Crippen LogP contribution in [0.25, 0.3) is 6.08 Å². The number of nitrogens with one attached hydrogen (secondary N) is 1. The van der Waals surface area contributed by atoms with Crippen molar-refractivity contribution in [2.75, 3.05) is 18.5 Å². The van der Waals surface area contributed by atoms with Gasteiger partial charge >= 0.3 is 0 Å². The number of hydrogen-bond acceptors (Lipinski definition) is 5. The van der Waals surface area contributed by atoms with Crippen molar-refractivity contribution in [2.45, 2.75) is 13.8 Å². The normalized spacial score (nSPS) is 10.7. The lowest BCUT2D eigenvalue weighted by molar-refractivity contribution is -0.112. The molecule has 0 spiro atoms. The van der Waals surface area contributed by atoms with Gasteiger partial charge in [0.05, 0.1) is 13.2 Å². The third-order valence-corrected chi connectivity index (χ3v) is 3.42. The van der Waals surface area contributed by atoms with E-state index in [0.717, 1.165) is 0 Å². The topological polar surface area (TPSA) is 91.6 Å². The van der Waals surface area contributed by atoms with Crippen LogP contribution in [0.4, 0.5) is 5.69 Å². The second-order valence-electron chi connectivity index (χ2n) is 5.21. The van der Waals surface area contributed by atoms with Crippen LogP contribution in [0.15, 0.2) is 48.0 Å². The van der Waals surface area contributed by atoms with Gasteiger partial charge in [0.25, 0.3) is 5.91 Å². The van der Waals surface area contributed by atoms with Gasteiger partial charge in [0, 0.05) is 11.3 Å². The second-order valence-corrected chi connectivity index (χ2v) is 5.21. The number of anilines is 1. The van der Waals surface area contributed by atoms with Crippen molar-refractivity contribution in [1.82, 2.24) is 0 Å². The quantitative estimate of drug-likeness (QED) is 0.585. The fourth-order valence-corrected chi connectivity index (χ4v) is 2.23. The van der Waals surface area contributed by atoms with Crippen molar-refractivity contribution >= 4 is 17.7 Å². The molecule has 1 amide bonds. The van der Waals surface area contributed by atoms with Crippen LogP contribution in [0, 0.1) is 11.3 Å². The molecule has 0 heterocycles. The van der Waals surface area contributed by atoms with Crippen LogP contribution in [-0.4, -0.2) is 24.2 Å². The average Bonchev–Trinajstić information content (AvgIpc) is 2.64. The summed E-state index contributed by atoms with van der Waals surface area (Å²) >= 11 is 0. The van der Waals surface area contributed by atoms with Crippen LogP contribution in [-0.2, 0) is 4.79 Å². The highest BCUT2D eigenvalue weighted by atomic mass is 16.5. The van der Waals surface area contributed by atoms with Crippen molar-refractivity contribution in [3.63, 3.8) is 0 Å². The molecular formula is C20H20N2O4. The Kier molecular flexibility index (Phi) is 6.63. The molecule has 2 rings (SSSR count). The molecule has 2 N–H and O–H groups in total. The van der Waals surface area contributed by atoms with Gasteiger partial charge < -0.3 is 19.9 Å². The Bertz CT molecular complexity index is 836. The molecule has 2 aromatic carbocycles. The van der Waals surface area contributed by atoms with E-state index in [0.29, 0.717) is 36.0 Å². The third kappa shape index (κ3) is 4.77. The summed E-state index contributed by atoms with van der Waals surface area (Å²) in [4.78, 5) is 12.3.